The fourth-order valence-corrected chi connectivity index (χ4v) is 5.66. The molecule has 6 nitrogen and oxygen atoms in total. The second kappa shape index (κ2) is 9.22. The number of hydrogen-bond donors (Lipinski definition) is 2. The van der Waals surface area contributed by atoms with Gasteiger partial charge in [-0.25, -0.2) is 4.39 Å². The average Bonchev–Trinajstić information content (AvgIpc) is 2.85. The van der Waals surface area contributed by atoms with Gasteiger partial charge in [-0.05, 0) is 79.8 Å². The molecule has 2 aliphatic rings. The summed E-state index contributed by atoms with van der Waals surface area (Å²) in [5, 5.41) is 20.8. The van der Waals surface area contributed by atoms with Crippen molar-refractivity contribution in [2.45, 2.75) is 50.5 Å². The van der Waals surface area contributed by atoms with Crippen LogP contribution in [0.4, 0.5) is 4.39 Å². The smallest absolute Gasteiger partial charge is 0.306 e. The molecule has 178 valence electrons. The van der Waals surface area contributed by atoms with Gasteiger partial charge in [-0.2, -0.15) is 0 Å². The molecule has 2 heterocycles. The minimum atomic E-state index is -0.786. The Balaban J connectivity index is 1.78. The zero-order chi connectivity index (χ0) is 23.8. The molecule has 0 bridgehead atoms. The highest BCUT2D eigenvalue weighted by atomic mass is 19.1. The highest BCUT2D eigenvalue weighted by molar-refractivity contribution is 5.98. The Morgan fingerprint density at radius 3 is 2.26 bits per heavy atom. The number of hydrogen-bond acceptors (Lipinski definition) is 4. The van der Waals surface area contributed by atoms with E-state index in [-0.39, 0.29) is 35.0 Å². The van der Waals surface area contributed by atoms with Gasteiger partial charge in [0.25, 0.3) is 5.56 Å². The van der Waals surface area contributed by atoms with E-state index in [2.05, 4.69) is 0 Å². The number of rotatable bonds is 4. The van der Waals surface area contributed by atoms with Crippen LogP contribution in [0.1, 0.15) is 56.2 Å². The van der Waals surface area contributed by atoms with Crippen LogP contribution in [0.15, 0.2) is 47.3 Å². The number of pyridine rings is 1. The summed E-state index contributed by atoms with van der Waals surface area (Å²) >= 11 is 0. The van der Waals surface area contributed by atoms with Crippen LogP contribution >= 0.6 is 0 Å². The van der Waals surface area contributed by atoms with Crippen LogP contribution in [0.5, 0.6) is 5.75 Å². The number of carboxylic acids is 1. The van der Waals surface area contributed by atoms with Gasteiger partial charge in [0.15, 0.2) is 0 Å². The first-order valence-corrected chi connectivity index (χ1v) is 11.9. The van der Waals surface area contributed by atoms with Crippen LogP contribution in [-0.4, -0.2) is 34.0 Å². The number of carbonyl (C=O) groups is 1. The molecular formula is C27H28FNO5. The van der Waals surface area contributed by atoms with E-state index in [0.29, 0.717) is 44.3 Å². The predicted molar refractivity (Wildman–Crippen MR) is 127 cm³/mol. The molecular weight excluding hydrogens is 437 g/mol. The van der Waals surface area contributed by atoms with Gasteiger partial charge in [-0.3, -0.25) is 9.59 Å². The monoisotopic (exact) mass is 465 g/mol. The van der Waals surface area contributed by atoms with Crippen molar-refractivity contribution >= 4 is 16.7 Å². The van der Waals surface area contributed by atoms with Gasteiger partial charge in [0.2, 0.25) is 0 Å². The quantitative estimate of drug-likeness (QED) is 0.551. The van der Waals surface area contributed by atoms with E-state index in [0.717, 1.165) is 35.0 Å². The molecule has 3 aromatic rings. The number of aliphatic carboxylic acids is 1. The maximum atomic E-state index is 13.9. The highest BCUT2D eigenvalue weighted by Crippen LogP contribution is 2.42. The standard InChI is InChI=1S/C27H28FNO5/c28-19-5-1-16(2-6-19)24-22-10-9-21(30)15-23(22)26(31)29(25(24)17-11-13-34-14-12-17)20-7-3-18(4-8-20)27(32)33/h1-2,5-6,9-10,15,17-18,20,30H,3-4,7-8,11-14H2,(H,32,33). The largest absolute Gasteiger partial charge is 0.508 e. The number of benzene rings is 2. The number of aromatic nitrogens is 1. The molecule has 0 atom stereocenters. The molecule has 1 saturated carbocycles. The summed E-state index contributed by atoms with van der Waals surface area (Å²) in [7, 11) is 0. The molecule has 34 heavy (non-hydrogen) atoms. The second-order valence-corrected chi connectivity index (χ2v) is 9.40. The average molecular weight is 466 g/mol. The molecule has 0 unspecified atom stereocenters. The van der Waals surface area contributed by atoms with Crippen LogP contribution in [0.25, 0.3) is 21.9 Å². The minimum Gasteiger partial charge on any atom is -0.508 e. The summed E-state index contributed by atoms with van der Waals surface area (Å²) < 4.78 is 21.3. The Labute approximate surface area is 196 Å². The molecule has 0 spiro atoms. The summed E-state index contributed by atoms with van der Waals surface area (Å²) in [5.74, 6) is -1.42. The fraction of sp³-hybridized carbons (Fsp3) is 0.407. The number of nitrogens with zero attached hydrogens (tertiary/aromatic N) is 1. The summed E-state index contributed by atoms with van der Waals surface area (Å²) in [4.78, 5) is 25.5. The Bertz CT molecular complexity index is 1270. The lowest BCUT2D eigenvalue weighted by atomic mass is 9.83. The van der Waals surface area contributed by atoms with Crippen molar-refractivity contribution in [2.75, 3.05) is 13.2 Å². The topological polar surface area (TPSA) is 88.8 Å². The SMILES string of the molecule is O=C(O)C1CCC(n2c(C3CCOCC3)c(-c3ccc(F)cc3)c3ccc(O)cc3c2=O)CC1. The van der Waals surface area contributed by atoms with Gasteiger partial charge in [-0.1, -0.05) is 12.1 Å². The van der Waals surface area contributed by atoms with Crippen LogP contribution in [-0.2, 0) is 9.53 Å². The maximum absolute atomic E-state index is 13.9. The summed E-state index contributed by atoms with van der Waals surface area (Å²) in [6.45, 7) is 1.20. The highest BCUT2D eigenvalue weighted by Gasteiger charge is 2.33. The normalized spacial score (nSPS) is 21.6. The van der Waals surface area contributed by atoms with Crippen LogP contribution in [0, 0.1) is 11.7 Å². The van der Waals surface area contributed by atoms with Crippen molar-refractivity contribution in [3.63, 3.8) is 0 Å². The summed E-state index contributed by atoms with van der Waals surface area (Å²) in [6.07, 6.45) is 3.76. The molecule has 2 fully saturated rings. The van der Waals surface area contributed by atoms with E-state index in [9.17, 15) is 24.2 Å². The van der Waals surface area contributed by atoms with E-state index >= 15 is 0 Å². The Kier molecular flexibility index (Phi) is 6.13. The molecule has 1 aromatic heterocycles. The first-order chi connectivity index (χ1) is 16.4. The van der Waals surface area contributed by atoms with Gasteiger partial charge in [-0.15, -0.1) is 0 Å². The van der Waals surface area contributed by atoms with Gasteiger partial charge < -0.3 is 19.5 Å². The number of halogens is 1. The van der Waals surface area contributed by atoms with Gasteiger partial charge in [0, 0.05) is 36.4 Å². The fourth-order valence-electron chi connectivity index (χ4n) is 5.66. The van der Waals surface area contributed by atoms with Crippen molar-refractivity contribution in [3.8, 4) is 16.9 Å². The lowest BCUT2D eigenvalue weighted by Crippen LogP contribution is -2.34. The van der Waals surface area contributed by atoms with E-state index in [1.54, 1.807) is 24.3 Å². The number of aromatic hydroxyl groups is 1. The molecule has 7 heteroatoms. The lowest BCUT2D eigenvalue weighted by molar-refractivity contribution is -0.143. The zero-order valence-electron chi connectivity index (χ0n) is 18.9. The van der Waals surface area contributed by atoms with Gasteiger partial charge in [0.1, 0.15) is 11.6 Å². The second-order valence-electron chi connectivity index (χ2n) is 9.40. The zero-order valence-corrected chi connectivity index (χ0v) is 18.9. The Morgan fingerprint density at radius 2 is 1.62 bits per heavy atom. The Morgan fingerprint density at radius 1 is 0.941 bits per heavy atom. The van der Waals surface area contributed by atoms with Gasteiger partial charge in [0.05, 0.1) is 11.3 Å². The van der Waals surface area contributed by atoms with Crippen LogP contribution < -0.4 is 5.56 Å². The molecule has 0 radical (unpaired) electrons. The predicted octanol–water partition coefficient (Wildman–Crippen LogP) is 5.22. The molecule has 0 amide bonds. The molecule has 1 saturated heterocycles. The summed E-state index contributed by atoms with van der Waals surface area (Å²) in [6, 6.07) is 11.0. The third-order valence-corrected chi connectivity index (χ3v) is 7.39. The van der Waals surface area contributed by atoms with E-state index in [1.807, 2.05) is 4.57 Å². The molecule has 2 N–H and O–H groups in total. The molecule has 1 aliphatic heterocycles. The summed E-state index contributed by atoms with van der Waals surface area (Å²) in [5.41, 5.74) is 2.43. The maximum Gasteiger partial charge on any atom is 0.306 e. The van der Waals surface area contributed by atoms with Crippen molar-refractivity contribution in [1.82, 2.24) is 4.57 Å². The lowest BCUT2D eigenvalue weighted by Gasteiger charge is -2.35. The third kappa shape index (κ3) is 4.09. The van der Waals surface area contributed by atoms with Gasteiger partial charge >= 0.3 is 5.97 Å². The third-order valence-electron chi connectivity index (χ3n) is 7.39. The molecule has 2 aromatic carbocycles. The van der Waals surface area contributed by atoms with E-state index in [4.69, 9.17) is 4.74 Å². The number of carboxylic acid groups (broad SMARTS) is 1. The number of fused-ring (bicyclic) bond motifs is 1. The van der Waals surface area contributed by atoms with E-state index < -0.39 is 5.97 Å². The minimum absolute atomic E-state index is 0.00890. The van der Waals surface area contributed by atoms with Crippen LogP contribution in [0.2, 0.25) is 0 Å². The van der Waals surface area contributed by atoms with Crippen LogP contribution in [0.3, 0.4) is 0 Å². The molecule has 5 rings (SSSR count). The Hall–Kier alpha value is -3.19. The van der Waals surface area contributed by atoms with Crippen molar-refractivity contribution in [1.29, 1.82) is 0 Å². The molecule has 1 aliphatic carbocycles. The number of phenolic OH excluding ortho intramolecular Hbond substituents is 1. The van der Waals surface area contributed by atoms with Crippen molar-refractivity contribution in [2.24, 2.45) is 5.92 Å². The first-order valence-electron chi connectivity index (χ1n) is 11.9. The number of ether oxygens (including phenoxy) is 1. The van der Waals surface area contributed by atoms with E-state index in [1.165, 1.54) is 18.2 Å². The first kappa shape index (κ1) is 22.6. The van der Waals surface area contributed by atoms with Crippen molar-refractivity contribution in [3.05, 3.63) is 64.3 Å². The number of phenols is 1. The van der Waals surface area contributed by atoms with Crippen molar-refractivity contribution < 1.29 is 24.1 Å².